The summed E-state index contributed by atoms with van der Waals surface area (Å²) in [5.74, 6) is 1.12. The summed E-state index contributed by atoms with van der Waals surface area (Å²) in [6, 6.07) is 11.4. The minimum Gasteiger partial charge on any atom is -0.508 e. The number of nitrogens with zero attached hydrogens (tertiary/aromatic N) is 4. The van der Waals surface area contributed by atoms with Crippen LogP contribution in [-0.2, 0) is 6.42 Å². The predicted octanol–water partition coefficient (Wildman–Crippen LogP) is 4.00. The summed E-state index contributed by atoms with van der Waals surface area (Å²) >= 11 is 0. The number of rotatable bonds is 7. The number of hydrogen-bond acceptors (Lipinski definition) is 7. The van der Waals surface area contributed by atoms with Gasteiger partial charge < -0.3 is 26.6 Å². The van der Waals surface area contributed by atoms with Crippen LogP contribution in [0.1, 0.15) is 37.3 Å². The van der Waals surface area contributed by atoms with Crippen LogP contribution in [0, 0.1) is 0 Å². The highest BCUT2D eigenvalue weighted by atomic mass is 16.5. The molecule has 0 radical (unpaired) electrons. The lowest BCUT2D eigenvalue weighted by atomic mass is 10.1. The normalized spacial score (nSPS) is 18.0. The molecule has 0 spiro atoms. The van der Waals surface area contributed by atoms with Crippen LogP contribution >= 0.6 is 0 Å². The minimum atomic E-state index is 0.187. The van der Waals surface area contributed by atoms with E-state index in [0.29, 0.717) is 11.7 Å². The van der Waals surface area contributed by atoms with Crippen LogP contribution < -0.4 is 21.5 Å². The second-order valence-electron chi connectivity index (χ2n) is 9.16. The van der Waals surface area contributed by atoms with Gasteiger partial charge in [-0.2, -0.15) is 5.10 Å². The predicted molar refractivity (Wildman–Crippen MR) is 142 cm³/mol. The number of fused-ring (bicyclic) bond motifs is 1. The Bertz CT molecular complexity index is 1410. The fraction of sp³-hybridized carbons (Fsp3) is 0.296. The number of anilines is 1. The van der Waals surface area contributed by atoms with E-state index in [9.17, 15) is 5.11 Å². The van der Waals surface area contributed by atoms with Crippen molar-refractivity contribution in [3.8, 4) is 22.8 Å². The first-order valence-electron chi connectivity index (χ1n) is 12.2. The van der Waals surface area contributed by atoms with Gasteiger partial charge in [0.2, 0.25) is 5.88 Å². The zero-order valence-corrected chi connectivity index (χ0v) is 20.5. The third kappa shape index (κ3) is 4.70. The Morgan fingerprint density at radius 1 is 1.19 bits per heavy atom. The van der Waals surface area contributed by atoms with Gasteiger partial charge in [0.05, 0.1) is 35.8 Å². The average Bonchev–Trinajstić information content (AvgIpc) is 3.51. The van der Waals surface area contributed by atoms with Gasteiger partial charge in [0, 0.05) is 41.7 Å². The number of nitrogens with two attached hydrogens (primary N) is 2. The highest BCUT2D eigenvalue weighted by Gasteiger charge is 2.24. The molecule has 9 nitrogen and oxygen atoms in total. The van der Waals surface area contributed by atoms with Crippen LogP contribution in [-0.4, -0.2) is 44.7 Å². The van der Waals surface area contributed by atoms with Crippen LogP contribution in [0.3, 0.4) is 0 Å². The molecular weight excluding hydrogens is 454 g/mol. The van der Waals surface area contributed by atoms with Crippen molar-refractivity contribution in [2.75, 3.05) is 12.4 Å². The first-order valence-corrected chi connectivity index (χ1v) is 12.2. The number of benzene rings is 1. The Balaban J connectivity index is 1.60. The minimum absolute atomic E-state index is 0.187. The molecule has 3 aromatic heterocycles. The highest BCUT2D eigenvalue weighted by Crippen LogP contribution is 2.32. The Labute approximate surface area is 209 Å². The highest BCUT2D eigenvalue weighted by molar-refractivity contribution is 6.06. The largest absolute Gasteiger partial charge is 0.508 e. The van der Waals surface area contributed by atoms with Gasteiger partial charge in [0.1, 0.15) is 11.6 Å². The fourth-order valence-corrected chi connectivity index (χ4v) is 4.74. The van der Waals surface area contributed by atoms with Crippen molar-refractivity contribution >= 4 is 22.7 Å². The number of phenols is 1. The summed E-state index contributed by atoms with van der Waals surface area (Å²) in [5.41, 5.74) is 18.8. The molecular formula is C27H31N7O2. The van der Waals surface area contributed by atoms with Gasteiger partial charge in [0.25, 0.3) is 0 Å². The lowest BCUT2D eigenvalue weighted by Crippen LogP contribution is -2.24. The van der Waals surface area contributed by atoms with E-state index in [1.807, 2.05) is 29.8 Å². The zero-order valence-electron chi connectivity index (χ0n) is 20.5. The van der Waals surface area contributed by atoms with Crippen molar-refractivity contribution in [1.29, 1.82) is 0 Å². The van der Waals surface area contributed by atoms with Gasteiger partial charge in [-0.3, -0.25) is 0 Å². The van der Waals surface area contributed by atoms with E-state index in [1.54, 1.807) is 37.7 Å². The molecule has 0 unspecified atom stereocenters. The Hall–Kier alpha value is -4.11. The molecule has 1 fully saturated rings. The van der Waals surface area contributed by atoms with Crippen LogP contribution in [0.15, 0.2) is 60.0 Å². The molecule has 0 saturated heterocycles. The quantitative estimate of drug-likeness (QED) is 0.229. The first kappa shape index (κ1) is 23.6. The topological polar surface area (TPSA) is 136 Å². The Kier molecular flexibility index (Phi) is 6.47. The molecule has 3 heterocycles. The van der Waals surface area contributed by atoms with E-state index < -0.39 is 0 Å². The lowest BCUT2D eigenvalue weighted by molar-refractivity contribution is 0.398. The van der Waals surface area contributed by atoms with Crippen LogP contribution in [0.25, 0.3) is 16.6 Å². The summed E-state index contributed by atoms with van der Waals surface area (Å²) in [5, 5.41) is 18.2. The SMILES string of the molecule is CCc1cc(O)ccc1/N=C(\N)c1cnn2cc(-c3ccc(OC)nc3)cc2c1N[C@@H]1CC[C@H](N)C1. The van der Waals surface area contributed by atoms with Crippen molar-refractivity contribution in [3.05, 3.63) is 66.1 Å². The lowest BCUT2D eigenvalue weighted by Gasteiger charge is -2.18. The molecule has 0 aliphatic heterocycles. The van der Waals surface area contributed by atoms with Crippen molar-refractivity contribution in [2.45, 2.75) is 44.7 Å². The van der Waals surface area contributed by atoms with E-state index in [0.717, 1.165) is 64.8 Å². The van der Waals surface area contributed by atoms with Crippen molar-refractivity contribution in [1.82, 2.24) is 14.6 Å². The summed E-state index contributed by atoms with van der Waals surface area (Å²) in [7, 11) is 1.60. The number of pyridine rings is 1. The molecule has 5 rings (SSSR count). The number of ether oxygens (including phenoxy) is 1. The molecule has 0 amide bonds. The van der Waals surface area contributed by atoms with Gasteiger partial charge in [-0.15, -0.1) is 0 Å². The molecule has 186 valence electrons. The second kappa shape index (κ2) is 9.87. The number of aryl methyl sites for hydroxylation is 1. The average molecular weight is 486 g/mol. The van der Waals surface area contributed by atoms with Crippen molar-refractivity contribution in [2.24, 2.45) is 16.5 Å². The Morgan fingerprint density at radius 3 is 2.75 bits per heavy atom. The number of aromatic hydroxyl groups is 1. The summed E-state index contributed by atoms with van der Waals surface area (Å²) < 4.78 is 7.03. The monoisotopic (exact) mass is 485 g/mol. The molecule has 1 aromatic carbocycles. The van der Waals surface area contributed by atoms with E-state index in [1.165, 1.54) is 0 Å². The number of aliphatic imine (C=N–C) groups is 1. The third-order valence-corrected chi connectivity index (χ3v) is 6.70. The maximum atomic E-state index is 9.86. The van der Waals surface area contributed by atoms with Gasteiger partial charge in [0.15, 0.2) is 0 Å². The van der Waals surface area contributed by atoms with Gasteiger partial charge >= 0.3 is 0 Å². The molecule has 6 N–H and O–H groups in total. The van der Waals surface area contributed by atoms with Gasteiger partial charge in [-0.25, -0.2) is 14.5 Å². The first-order chi connectivity index (χ1) is 17.4. The molecule has 1 aliphatic carbocycles. The molecule has 36 heavy (non-hydrogen) atoms. The molecule has 9 heteroatoms. The maximum absolute atomic E-state index is 9.86. The summed E-state index contributed by atoms with van der Waals surface area (Å²) in [6.45, 7) is 2.02. The standard InChI is InChI=1S/C27H31N7O2/c1-3-16-10-21(35)7-8-23(16)33-27(29)22-14-31-34-15-18(17-4-9-25(36-2)30-13-17)11-24(34)26(22)32-20-6-5-19(28)12-20/h4,7-11,13-15,19-20,32,35H,3,5-6,12,28H2,1-2H3,(H2,29,33)/t19-,20+/m0/s1. The fourth-order valence-electron chi connectivity index (χ4n) is 4.74. The number of hydrogen-bond donors (Lipinski definition) is 4. The van der Waals surface area contributed by atoms with Crippen molar-refractivity contribution < 1.29 is 9.84 Å². The number of aromatic nitrogens is 3. The van der Waals surface area contributed by atoms with E-state index >= 15 is 0 Å². The second-order valence-corrected chi connectivity index (χ2v) is 9.16. The van der Waals surface area contributed by atoms with Crippen LogP contribution in [0.2, 0.25) is 0 Å². The molecule has 1 saturated carbocycles. The molecule has 2 atom stereocenters. The van der Waals surface area contributed by atoms with Crippen molar-refractivity contribution in [3.63, 3.8) is 0 Å². The van der Waals surface area contributed by atoms with Gasteiger partial charge in [-0.1, -0.05) is 6.92 Å². The maximum Gasteiger partial charge on any atom is 0.212 e. The number of nitrogens with one attached hydrogen (secondary N) is 1. The van der Waals surface area contributed by atoms with E-state index in [4.69, 9.17) is 21.2 Å². The van der Waals surface area contributed by atoms with Crippen LogP contribution in [0.4, 0.5) is 11.4 Å². The Morgan fingerprint density at radius 2 is 2.06 bits per heavy atom. The van der Waals surface area contributed by atoms with E-state index in [2.05, 4.69) is 21.5 Å². The summed E-state index contributed by atoms with van der Waals surface area (Å²) in [6.07, 6.45) is 9.07. The molecule has 4 aromatic rings. The van der Waals surface area contributed by atoms with Crippen LogP contribution in [0.5, 0.6) is 11.6 Å². The zero-order chi connectivity index (χ0) is 25.2. The number of amidine groups is 1. The molecule has 1 aliphatic rings. The summed E-state index contributed by atoms with van der Waals surface area (Å²) in [4.78, 5) is 9.06. The third-order valence-electron chi connectivity index (χ3n) is 6.70. The number of phenolic OH excluding ortho intramolecular Hbond substituents is 1. The van der Waals surface area contributed by atoms with E-state index in [-0.39, 0.29) is 17.8 Å². The van der Waals surface area contributed by atoms with Gasteiger partial charge in [-0.05, 0) is 61.6 Å². The number of methoxy groups -OCH3 is 1. The molecule has 0 bridgehead atoms. The smallest absolute Gasteiger partial charge is 0.212 e.